The number of nitrogens with zero attached hydrogens (tertiary/aromatic N) is 2. The number of carbonyl (C=O) groups is 2. The van der Waals surface area contributed by atoms with Gasteiger partial charge in [-0.25, -0.2) is 9.80 Å². The first-order chi connectivity index (χ1) is 9.08. The molecule has 1 aliphatic heterocycles. The number of likely N-dealkylation sites (N-methyl/N-ethyl adjacent to an activating group) is 1. The van der Waals surface area contributed by atoms with E-state index < -0.39 is 5.97 Å². The molecule has 102 valence electrons. The van der Waals surface area contributed by atoms with Crippen LogP contribution in [-0.2, 0) is 0 Å². The van der Waals surface area contributed by atoms with Gasteiger partial charge in [0.1, 0.15) is 0 Å². The molecule has 0 unspecified atom stereocenters. The Morgan fingerprint density at radius 2 is 1.68 bits per heavy atom. The third-order valence-electron chi connectivity index (χ3n) is 3.17. The van der Waals surface area contributed by atoms with Crippen LogP contribution in [0.5, 0.6) is 0 Å². The van der Waals surface area contributed by atoms with Crippen molar-refractivity contribution >= 4 is 11.9 Å². The minimum Gasteiger partial charge on any atom is -0.478 e. The van der Waals surface area contributed by atoms with Crippen molar-refractivity contribution in [1.29, 1.82) is 0 Å². The zero-order valence-corrected chi connectivity index (χ0v) is 10.8. The molecule has 2 N–H and O–H groups in total. The third kappa shape index (κ3) is 3.30. The van der Waals surface area contributed by atoms with Crippen LogP contribution in [0.15, 0.2) is 24.3 Å². The lowest BCUT2D eigenvalue weighted by atomic mass is 10.1. The molecule has 1 aromatic rings. The standard InChI is InChI=1S/C13H17N3O3/c1-15-6-8-16(9-7-15)14-12(17)10-4-2-3-5-11(10)13(18)19/h2-5H,6-9H2,1H3,(H,14,17)(H,18,19). The van der Waals surface area contributed by atoms with Gasteiger partial charge in [0.05, 0.1) is 11.1 Å². The molecule has 1 heterocycles. The number of carboxylic acid groups (broad SMARTS) is 1. The highest BCUT2D eigenvalue weighted by Crippen LogP contribution is 2.09. The zero-order valence-electron chi connectivity index (χ0n) is 10.8. The van der Waals surface area contributed by atoms with Crippen LogP contribution in [0.4, 0.5) is 0 Å². The number of benzene rings is 1. The molecular formula is C13H17N3O3. The molecule has 0 aliphatic carbocycles. The number of carboxylic acids is 1. The van der Waals surface area contributed by atoms with Crippen molar-refractivity contribution in [3.05, 3.63) is 35.4 Å². The molecule has 0 aromatic heterocycles. The van der Waals surface area contributed by atoms with E-state index in [-0.39, 0.29) is 17.0 Å². The monoisotopic (exact) mass is 263 g/mol. The van der Waals surface area contributed by atoms with Crippen LogP contribution in [0.25, 0.3) is 0 Å². The summed E-state index contributed by atoms with van der Waals surface area (Å²) in [5.74, 6) is -1.47. The summed E-state index contributed by atoms with van der Waals surface area (Å²) >= 11 is 0. The van der Waals surface area contributed by atoms with Gasteiger partial charge in [0.2, 0.25) is 0 Å². The van der Waals surface area contributed by atoms with Gasteiger partial charge in [-0.1, -0.05) is 12.1 Å². The van der Waals surface area contributed by atoms with Gasteiger partial charge in [-0.2, -0.15) is 0 Å². The van der Waals surface area contributed by atoms with E-state index >= 15 is 0 Å². The fourth-order valence-electron chi connectivity index (χ4n) is 1.99. The van der Waals surface area contributed by atoms with Crippen molar-refractivity contribution in [2.75, 3.05) is 33.2 Å². The van der Waals surface area contributed by atoms with Crippen molar-refractivity contribution in [2.45, 2.75) is 0 Å². The molecule has 1 saturated heterocycles. The molecule has 0 radical (unpaired) electrons. The fourth-order valence-corrected chi connectivity index (χ4v) is 1.99. The van der Waals surface area contributed by atoms with Crippen LogP contribution in [0.2, 0.25) is 0 Å². The van der Waals surface area contributed by atoms with Crippen molar-refractivity contribution in [3.8, 4) is 0 Å². The van der Waals surface area contributed by atoms with Gasteiger partial charge in [0.25, 0.3) is 5.91 Å². The smallest absolute Gasteiger partial charge is 0.336 e. The van der Waals surface area contributed by atoms with E-state index in [0.717, 1.165) is 26.2 Å². The Kier molecular flexibility index (Phi) is 4.13. The summed E-state index contributed by atoms with van der Waals surface area (Å²) in [4.78, 5) is 25.3. The molecule has 0 saturated carbocycles. The van der Waals surface area contributed by atoms with Gasteiger partial charge >= 0.3 is 5.97 Å². The van der Waals surface area contributed by atoms with E-state index in [4.69, 9.17) is 5.11 Å². The quantitative estimate of drug-likeness (QED) is 0.819. The van der Waals surface area contributed by atoms with Crippen LogP contribution >= 0.6 is 0 Å². The number of amides is 1. The maximum absolute atomic E-state index is 12.1. The van der Waals surface area contributed by atoms with E-state index in [0.29, 0.717) is 0 Å². The van der Waals surface area contributed by atoms with Gasteiger partial charge < -0.3 is 10.0 Å². The van der Waals surface area contributed by atoms with E-state index in [1.807, 2.05) is 12.1 Å². The number of hydrazine groups is 1. The molecule has 1 amide bonds. The van der Waals surface area contributed by atoms with Gasteiger partial charge in [-0.05, 0) is 19.2 Å². The number of aromatic carboxylic acids is 1. The summed E-state index contributed by atoms with van der Waals surface area (Å²) in [5.41, 5.74) is 2.97. The average Bonchev–Trinajstić information content (AvgIpc) is 2.41. The van der Waals surface area contributed by atoms with Gasteiger partial charge in [-0.15, -0.1) is 0 Å². The highest BCUT2D eigenvalue weighted by atomic mass is 16.4. The lowest BCUT2D eigenvalue weighted by Crippen LogP contribution is -2.52. The molecule has 6 heteroatoms. The second kappa shape index (κ2) is 5.81. The Hall–Kier alpha value is -1.92. The molecule has 0 spiro atoms. The van der Waals surface area contributed by atoms with Crippen molar-refractivity contribution in [2.24, 2.45) is 0 Å². The highest BCUT2D eigenvalue weighted by molar-refractivity contribution is 6.04. The highest BCUT2D eigenvalue weighted by Gasteiger charge is 2.20. The molecule has 6 nitrogen and oxygen atoms in total. The molecule has 1 fully saturated rings. The lowest BCUT2D eigenvalue weighted by Gasteiger charge is -2.32. The van der Waals surface area contributed by atoms with Crippen molar-refractivity contribution in [3.63, 3.8) is 0 Å². The van der Waals surface area contributed by atoms with Gasteiger partial charge in [0, 0.05) is 26.2 Å². The first kappa shape index (κ1) is 13.5. The normalized spacial score (nSPS) is 17.1. The number of rotatable bonds is 3. The van der Waals surface area contributed by atoms with Crippen molar-refractivity contribution < 1.29 is 14.7 Å². The number of hydrogen-bond donors (Lipinski definition) is 2. The first-order valence-corrected chi connectivity index (χ1v) is 6.14. The van der Waals surface area contributed by atoms with E-state index in [1.54, 1.807) is 12.1 Å². The van der Waals surface area contributed by atoms with Gasteiger partial charge in [0.15, 0.2) is 0 Å². The Morgan fingerprint density at radius 1 is 1.11 bits per heavy atom. The Labute approximate surface area is 111 Å². The predicted molar refractivity (Wildman–Crippen MR) is 69.9 cm³/mol. The summed E-state index contributed by atoms with van der Waals surface area (Å²) in [6.45, 7) is 3.22. The molecule has 19 heavy (non-hydrogen) atoms. The number of piperazine rings is 1. The predicted octanol–water partition coefficient (Wildman–Crippen LogP) is 0.277. The second-order valence-electron chi connectivity index (χ2n) is 4.58. The molecule has 0 bridgehead atoms. The van der Waals surface area contributed by atoms with E-state index in [1.165, 1.54) is 12.1 Å². The minimum atomic E-state index is -1.09. The fraction of sp³-hybridized carbons (Fsp3) is 0.385. The third-order valence-corrected chi connectivity index (χ3v) is 3.17. The molecular weight excluding hydrogens is 246 g/mol. The molecule has 0 atom stereocenters. The summed E-state index contributed by atoms with van der Waals surface area (Å²) in [6, 6.07) is 6.22. The maximum atomic E-state index is 12.1. The summed E-state index contributed by atoms with van der Waals surface area (Å²) in [7, 11) is 2.03. The number of carbonyl (C=O) groups excluding carboxylic acids is 1. The largest absolute Gasteiger partial charge is 0.478 e. The van der Waals surface area contributed by atoms with Crippen LogP contribution < -0.4 is 5.43 Å². The Bertz CT molecular complexity index is 482. The molecule has 2 rings (SSSR count). The number of hydrogen-bond acceptors (Lipinski definition) is 4. The van der Waals surface area contributed by atoms with Crippen LogP contribution in [0, 0.1) is 0 Å². The summed E-state index contributed by atoms with van der Waals surface area (Å²) < 4.78 is 0. The topological polar surface area (TPSA) is 72.9 Å². The van der Waals surface area contributed by atoms with Crippen LogP contribution in [0.1, 0.15) is 20.7 Å². The number of nitrogens with one attached hydrogen (secondary N) is 1. The zero-order chi connectivity index (χ0) is 13.8. The Morgan fingerprint density at radius 3 is 2.26 bits per heavy atom. The van der Waals surface area contributed by atoms with Crippen molar-refractivity contribution in [1.82, 2.24) is 15.3 Å². The van der Waals surface area contributed by atoms with Crippen LogP contribution in [-0.4, -0.2) is 60.1 Å². The van der Waals surface area contributed by atoms with E-state index in [2.05, 4.69) is 10.3 Å². The Balaban J connectivity index is 2.06. The van der Waals surface area contributed by atoms with Gasteiger partial charge in [-0.3, -0.25) is 10.2 Å². The summed E-state index contributed by atoms with van der Waals surface area (Å²) in [5, 5.41) is 10.9. The SMILES string of the molecule is CN1CCN(NC(=O)c2ccccc2C(=O)O)CC1. The lowest BCUT2D eigenvalue weighted by molar-refractivity contribution is 0.0638. The van der Waals surface area contributed by atoms with Crippen LogP contribution in [0.3, 0.4) is 0 Å². The second-order valence-corrected chi connectivity index (χ2v) is 4.58. The molecule has 1 aromatic carbocycles. The average molecular weight is 263 g/mol. The maximum Gasteiger partial charge on any atom is 0.336 e. The summed E-state index contributed by atoms with van der Waals surface area (Å²) in [6.07, 6.45) is 0. The van der Waals surface area contributed by atoms with E-state index in [9.17, 15) is 9.59 Å². The minimum absolute atomic E-state index is 0.0223. The molecule has 1 aliphatic rings. The first-order valence-electron chi connectivity index (χ1n) is 6.14.